The second-order valence-electron chi connectivity index (χ2n) is 3.70. The Balaban J connectivity index is 0. The second kappa shape index (κ2) is 11.3. The first kappa shape index (κ1) is 18.2. The van der Waals surface area contributed by atoms with Crippen LogP contribution in [0.3, 0.4) is 0 Å². The van der Waals surface area contributed by atoms with Crippen LogP contribution in [0.15, 0.2) is 0 Å². The van der Waals surface area contributed by atoms with Gasteiger partial charge in [0.15, 0.2) is 0 Å². The number of aliphatic carboxylic acids is 2. The van der Waals surface area contributed by atoms with Crippen LogP contribution in [0.5, 0.6) is 0 Å². The Labute approximate surface area is 101 Å². The number of rotatable bonds is 7. The molecule has 1 atom stereocenters. The molecule has 0 saturated heterocycles. The van der Waals surface area contributed by atoms with E-state index < -0.39 is 24.4 Å². The van der Waals surface area contributed by atoms with Crippen LogP contribution in [0, 0.1) is 0 Å². The van der Waals surface area contributed by atoms with Crippen LogP contribution in [0.25, 0.3) is 0 Å². The molecule has 0 aromatic carbocycles. The Hall–Kier alpha value is -1.18. The zero-order valence-electron chi connectivity index (χ0n) is 10.1. The highest BCUT2D eigenvalue weighted by Crippen LogP contribution is 1.97. The van der Waals surface area contributed by atoms with Gasteiger partial charge in [-0.2, -0.15) is 0 Å². The van der Waals surface area contributed by atoms with Crippen LogP contribution >= 0.6 is 0 Å². The Bertz CT molecular complexity index is 222. The van der Waals surface area contributed by atoms with E-state index in [2.05, 4.69) is 6.92 Å². The summed E-state index contributed by atoms with van der Waals surface area (Å²) in [5, 5.41) is 16.0. The summed E-state index contributed by atoms with van der Waals surface area (Å²) in [7, 11) is 0. The summed E-state index contributed by atoms with van der Waals surface area (Å²) >= 11 is 0. The van der Waals surface area contributed by atoms with Crippen LogP contribution in [0.4, 0.5) is 0 Å². The third-order valence-electron chi connectivity index (χ3n) is 1.85. The molecule has 102 valence electrons. The van der Waals surface area contributed by atoms with Crippen molar-refractivity contribution in [2.45, 2.75) is 51.2 Å². The van der Waals surface area contributed by atoms with Gasteiger partial charge >= 0.3 is 11.9 Å². The molecule has 0 amide bonds. The zero-order valence-corrected chi connectivity index (χ0v) is 10.1. The van der Waals surface area contributed by atoms with Crippen molar-refractivity contribution in [3.05, 3.63) is 0 Å². The highest BCUT2D eigenvalue weighted by molar-refractivity contribution is 5.80. The van der Waals surface area contributed by atoms with Gasteiger partial charge < -0.3 is 27.4 Å². The summed E-state index contributed by atoms with van der Waals surface area (Å²) in [6.07, 6.45) is 4.01. The molecule has 0 aliphatic heterocycles. The molecule has 0 spiro atoms. The molecule has 0 fully saturated rings. The number of nitrogens with two attached hydrogens (primary N) is 3. The lowest BCUT2D eigenvalue weighted by molar-refractivity contribution is -0.144. The first-order chi connectivity index (χ1) is 7.81. The van der Waals surface area contributed by atoms with Gasteiger partial charge in [0.1, 0.15) is 6.04 Å². The van der Waals surface area contributed by atoms with E-state index in [1.54, 1.807) is 0 Å². The minimum absolute atomic E-state index is 0.0958. The molecule has 0 rings (SSSR count). The summed E-state index contributed by atoms with van der Waals surface area (Å²) in [6, 6.07) is -1.29. The number of carbonyl (C=O) groups is 2. The summed E-state index contributed by atoms with van der Waals surface area (Å²) in [6.45, 7) is 2.17. The minimum atomic E-state index is -1.29. The molecule has 0 radical (unpaired) electrons. The molecular weight excluding hydrogens is 226 g/mol. The van der Waals surface area contributed by atoms with Crippen LogP contribution in [0.1, 0.15) is 39.0 Å². The number of carboxylic acids is 2. The molecule has 0 aromatic heterocycles. The lowest BCUT2D eigenvalue weighted by Crippen LogP contribution is -2.32. The maximum absolute atomic E-state index is 9.85. The van der Waals surface area contributed by atoms with Crippen molar-refractivity contribution in [3.63, 3.8) is 0 Å². The average molecular weight is 249 g/mol. The van der Waals surface area contributed by atoms with Gasteiger partial charge in [-0.05, 0) is 6.42 Å². The van der Waals surface area contributed by atoms with Gasteiger partial charge in [-0.3, -0.25) is 9.59 Å². The van der Waals surface area contributed by atoms with Gasteiger partial charge in [0, 0.05) is 0 Å². The van der Waals surface area contributed by atoms with Crippen molar-refractivity contribution in [3.8, 4) is 0 Å². The van der Waals surface area contributed by atoms with Crippen molar-refractivity contribution in [1.29, 1.82) is 0 Å². The topological polar surface area (TPSA) is 153 Å². The van der Waals surface area contributed by atoms with E-state index in [9.17, 15) is 9.59 Å². The Kier molecular flexibility index (Phi) is 12.1. The normalized spacial score (nSPS) is 11.6. The van der Waals surface area contributed by atoms with E-state index in [-0.39, 0.29) is 6.17 Å². The smallest absolute Gasteiger partial charge is 0.321 e. The van der Waals surface area contributed by atoms with E-state index in [4.69, 9.17) is 27.4 Å². The SMILES string of the molecule is CCCCCC(N)N.NC(CC(=O)O)C(=O)O. The molecule has 0 aliphatic carbocycles. The zero-order chi connectivity index (χ0) is 13.8. The predicted molar refractivity (Wildman–Crippen MR) is 64.2 cm³/mol. The fraction of sp³-hybridized carbons (Fsp3) is 0.800. The van der Waals surface area contributed by atoms with Crippen molar-refractivity contribution in [2.75, 3.05) is 0 Å². The van der Waals surface area contributed by atoms with E-state index in [0.717, 1.165) is 6.42 Å². The largest absolute Gasteiger partial charge is 0.481 e. The molecule has 0 aliphatic rings. The first-order valence-electron chi connectivity index (χ1n) is 5.52. The molecule has 0 heterocycles. The van der Waals surface area contributed by atoms with E-state index in [0.29, 0.717) is 0 Å². The lowest BCUT2D eigenvalue weighted by atomic mass is 10.2. The van der Waals surface area contributed by atoms with Gasteiger partial charge in [0.25, 0.3) is 0 Å². The number of unbranched alkanes of at least 4 members (excludes halogenated alkanes) is 2. The van der Waals surface area contributed by atoms with Crippen molar-refractivity contribution >= 4 is 11.9 Å². The first-order valence-corrected chi connectivity index (χ1v) is 5.52. The second-order valence-corrected chi connectivity index (χ2v) is 3.70. The molecular formula is C10H23N3O4. The highest BCUT2D eigenvalue weighted by Gasteiger charge is 2.14. The fourth-order valence-corrected chi connectivity index (χ4v) is 0.905. The summed E-state index contributed by atoms with van der Waals surface area (Å²) in [5.41, 5.74) is 15.5. The average Bonchev–Trinajstić information content (AvgIpc) is 2.17. The molecule has 0 aromatic rings. The molecule has 0 saturated carbocycles. The van der Waals surface area contributed by atoms with Gasteiger partial charge in [-0.1, -0.05) is 26.2 Å². The van der Waals surface area contributed by atoms with Gasteiger partial charge in [-0.25, -0.2) is 0 Å². The molecule has 7 heteroatoms. The Morgan fingerprint density at radius 2 is 1.65 bits per heavy atom. The van der Waals surface area contributed by atoms with Crippen LogP contribution in [-0.4, -0.2) is 34.4 Å². The molecule has 17 heavy (non-hydrogen) atoms. The molecule has 7 nitrogen and oxygen atoms in total. The van der Waals surface area contributed by atoms with Gasteiger partial charge in [0.05, 0.1) is 12.6 Å². The van der Waals surface area contributed by atoms with Crippen molar-refractivity contribution in [2.24, 2.45) is 17.2 Å². The van der Waals surface area contributed by atoms with Crippen LogP contribution < -0.4 is 17.2 Å². The van der Waals surface area contributed by atoms with Crippen LogP contribution in [0.2, 0.25) is 0 Å². The summed E-state index contributed by atoms with van der Waals surface area (Å²) in [4.78, 5) is 19.6. The highest BCUT2D eigenvalue weighted by atomic mass is 16.4. The summed E-state index contributed by atoms with van der Waals surface area (Å²) in [5.74, 6) is -2.50. The number of hydrogen-bond acceptors (Lipinski definition) is 5. The third kappa shape index (κ3) is 17.4. The lowest BCUT2D eigenvalue weighted by Gasteiger charge is -2.01. The Morgan fingerprint density at radius 1 is 1.12 bits per heavy atom. The molecule has 8 N–H and O–H groups in total. The summed E-state index contributed by atoms with van der Waals surface area (Å²) < 4.78 is 0. The van der Waals surface area contributed by atoms with Gasteiger partial charge in [-0.15, -0.1) is 0 Å². The van der Waals surface area contributed by atoms with E-state index in [1.165, 1.54) is 19.3 Å². The molecule has 1 unspecified atom stereocenters. The Morgan fingerprint density at radius 3 is 1.88 bits per heavy atom. The standard InChI is InChI=1S/C6H16N2.C4H7NO4/c1-2-3-4-5-6(7)8;5-2(4(8)9)1-3(6)7/h6H,2-5,7-8H2,1H3;2H,1,5H2,(H,6,7)(H,8,9). The van der Waals surface area contributed by atoms with E-state index in [1.807, 2.05) is 0 Å². The maximum atomic E-state index is 9.85. The number of hydrogen-bond donors (Lipinski definition) is 5. The monoisotopic (exact) mass is 249 g/mol. The van der Waals surface area contributed by atoms with Crippen molar-refractivity contribution in [1.82, 2.24) is 0 Å². The quantitative estimate of drug-likeness (QED) is 0.306. The fourth-order valence-electron chi connectivity index (χ4n) is 0.905. The number of carboxylic acid groups (broad SMARTS) is 2. The maximum Gasteiger partial charge on any atom is 0.321 e. The minimum Gasteiger partial charge on any atom is -0.481 e. The predicted octanol–water partition coefficient (Wildman–Crippen LogP) is -0.317. The van der Waals surface area contributed by atoms with Crippen LogP contribution in [-0.2, 0) is 9.59 Å². The third-order valence-corrected chi connectivity index (χ3v) is 1.85. The van der Waals surface area contributed by atoms with Crippen molar-refractivity contribution < 1.29 is 19.8 Å². The van der Waals surface area contributed by atoms with Gasteiger partial charge in [0.2, 0.25) is 0 Å². The van der Waals surface area contributed by atoms with E-state index >= 15 is 0 Å². The molecule has 0 bridgehead atoms.